The lowest BCUT2D eigenvalue weighted by Crippen LogP contribution is -2.17. The summed E-state index contributed by atoms with van der Waals surface area (Å²) in [5, 5.41) is 2.28. The smallest absolute Gasteiger partial charge is 0.0463 e. The lowest BCUT2D eigenvalue weighted by atomic mass is 10.1. The van der Waals surface area contributed by atoms with Crippen LogP contribution in [0.5, 0.6) is 0 Å². The molecule has 2 N–H and O–H groups in total. The van der Waals surface area contributed by atoms with Gasteiger partial charge >= 0.3 is 0 Å². The van der Waals surface area contributed by atoms with E-state index in [0.29, 0.717) is 0 Å². The van der Waals surface area contributed by atoms with Crippen molar-refractivity contribution < 1.29 is 0 Å². The first-order valence-electron chi connectivity index (χ1n) is 5.73. The van der Waals surface area contributed by atoms with Gasteiger partial charge in [0.1, 0.15) is 0 Å². The summed E-state index contributed by atoms with van der Waals surface area (Å²) in [4.78, 5) is 6.62. The summed E-state index contributed by atoms with van der Waals surface area (Å²) in [7, 11) is 0. The van der Waals surface area contributed by atoms with Crippen molar-refractivity contribution in [1.29, 1.82) is 0 Å². The molecule has 1 fully saturated rings. The Bertz CT molecular complexity index is 516. The van der Waals surface area contributed by atoms with Gasteiger partial charge in [-0.25, -0.2) is 0 Å². The third-order valence-corrected chi connectivity index (χ3v) is 3.28. The Hall–Kier alpha value is -1.77. The van der Waals surface area contributed by atoms with Crippen molar-refractivity contribution >= 4 is 22.1 Å². The number of pyridine rings is 1. The SMILES string of the molecule is Nc1ccc(N2CCCC2)c2cnccc12. The molecule has 1 aliphatic heterocycles. The number of anilines is 2. The summed E-state index contributed by atoms with van der Waals surface area (Å²) in [6.07, 6.45) is 6.28. The van der Waals surface area contributed by atoms with Gasteiger partial charge in [0, 0.05) is 47.6 Å². The molecule has 0 amide bonds. The number of hydrogen-bond donors (Lipinski definition) is 1. The summed E-state index contributed by atoms with van der Waals surface area (Å²) >= 11 is 0. The van der Waals surface area contributed by atoms with Gasteiger partial charge in [0.05, 0.1) is 0 Å². The maximum atomic E-state index is 5.98. The van der Waals surface area contributed by atoms with Gasteiger partial charge in [-0.2, -0.15) is 0 Å². The highest BCUT2D eigenvalue weighted by atomic mass is 15.1. The third-order valence-electron chi connectivity index (χ3n) is 3.28. The maximum absolute atomic E-state index is 5.98. The van der Waals surface area contributed by atoms with Crippen LogP contribution in [0.25, 0.3) is 10.8 Å². The fourth-order valence-corrected chi connectivity index (χ4v) is 2.43. The number of hydrogen-bond acceptors (Lipinski definition) is 3. The molecule has 0 radical (unpaired) electrons. The minimum Gasteiger partial charge on any atom is -0.398 e. The van der Waals surface area contributed by atoms with Gasteiger partial charge in [0.25, 0.3) is 0 Å². The van der Waals surface area contributed by atoms with Crippen molar-refractivity contribution in [3.05, 3.63) is 30.6 Å². The highest BCUT2D eigenvalue weighted by molar-refractivity contribution is 6.00. The third kappa shape index (κ3) is 1.40. The zero-order valence-corrected chi connectivity index (χ0v) is 9.19. The first-order chi connectivity index (χ1) is 7.86. The second kappa shape index (κ2) is 3.67. The molecule has 1 aliphatic rings. The fourth-order valence-electron chi connectivity index (χ4n) is 2.43. The highest BCUT2D eigenvalue weighted by Gasteiger charge is 2.15. The summed E-state index contributed by atoms with van der Waals surface area (Å²) in [6, 6.07) is 6.10. The Labute approximate surface area is 94.9 Å². The van der Waals surface area contributed by atoms with Gasteiger partial charge in [-0.3, -0.25) is 4.98 Å². The van der Waals surface area contributed by atoms with E-state index in [0.717, 1.165) is 24.2 Å². The van der Waals surface area contributed by atoms with Crippen LogP contribution in [0.3, 0.4) is 0 Å². The quantitative estimate of drug-likeness (QED) is 0.740. The minimum absolute atomic E-state index is 0.834. The standard InChI is InChI=1S/C13H15N3/c14-12-3-4-13(16-7-1-2-8-16)11-9-15-6-5-10(11)12/h3-6,9H,1-2,7-8,14H2. The second-order valence-electron chi connectivity index (χ2n) is 4.29. The summed E-state index contributed by atoms with van der Waals surface area (Å²) in [5.74, 6) is 0. The monoisotopic (exact) mass is 213 g/mol. The van der Waals surface area contributed by atoms with E-state index in [1.165, 1.54) is 23.9 Å². The molecule has 16 heavy (non-hydrogen) atoms. The minimum atomic E-state index is 0.834. The van der Waals surface area contributed by atoms with Gasteiger partial charge in [-0.1, -0.05) is 0 Å². The van der Waals surface area contributed by atoms with E-state index in [1.54, 1.807) is 6.20 Å². The molecule has 3 rings (SSSR count). The average molecular weight is 213 g/mol. The van der Waals surface area contributed by atoms with Crippen LogP contribution in [0.15, 0.2) is 30.6 Å². The summed E-state index contributed by atoms with van der Waals surface area (Å²) in [6.45, 7) is 2.29. The molecule has 0 aliphatic carbocycles. The van der Waals surface area contributed by atoms with Crippen molar-refractivity contribution in [3.63, 3.8) is 0 Å². The Morgan fingerprint density at radius 1 is 1.06 bits per heavy atom. The largest absolute Gasteiger partial charge is 0.398 e. The number of aromatic nitrogens is 1. The lowest BCUT2D eigenvalue weighted by molar-refractivity contribution is 0.949. The van der Waals surface area contributed by atoms with Gasteiger partial charge in [0.2, 0.25) is 0 Å². The van der Waals surface area contributed by atoms with Crippen LogP contribution in [-0.2, 0) is 0 Å². The highest BCUT2D eigenvalue weighted by Crippen LogP contribution is 2.31. The van der Waals surface area contributed by atoms with E-state index in [2.05, 4.69) is 16.0 Å². The van der Waals surface area contributed by atoms with Crippen molar-refractivity contribution in [1.82, 2.24) is 4.98 Å². The molecule has 0 unspecified atom stereocenters. The summed E-state index contributed by atoms with van der Waals surface area (Å²) in [5.41, 5.74) is 8.08. The van der Waals surface area contributed by atoms with Crippen molar-refractivity contribution in [3.8, 4) is 0 Å². The number of nitrogen functional groups attached to an aromatic ring is 1. The van der Waals surface area contributed by atoms with Crippen LogP contribution < -0.4 is 10.6 Å². The molecule has 2 aromatic rings. The predicted octanol–water partition coefficient (Wildman–Crippen LogP) is 2.42. The van der Waals surface area contributed by atoms with Crippen molar-refractivity contribution in [2.45, 2.75) is 12.8 Å². The normalized spacial score (nSPS) is 15.9. The first-order valence-corrected chi connectivity index (χ1v) is 5.73. The molecular formula is C13H15N3. The van der Waals surface area contributed by atoms with E-state index in [1.807, 2.05) is 18.3 Å². The number of nitrogens with two attached hydrogens (primary N) is 1. The number of nitrogens with zero attached hydrogens (tertiary/aromatic N) is 2. The Kier molecular flexibility index (Phi) is 2.17. The second-order valence-corrected chi connectivity index (χ2v) is 4.29. The molecule has 0 bridgehead atoms. The molecule has 0 spiro atoms. The van der Waals surface area contributed by atoms with Crippen LogP contribution in [0.4, 0.5) is 11.4 Å². The summed E-state index contributed by atoms with van der Waals surface area (Å²) < 4.78 is 0. The van der Waals surface area contributed by atoms with Gasteiger partial charge in [-0.05, 0) is 31.0 Å². The Morgan fingerprint density at radius 2 is 1.88 bits per heavy atom. The van der Waals surface area contributed by atoms with Crippen LogP contribution in [0.2, 0.25) is 0 Å². The van der Waals surface area contributed by atoms with Gasteiger partial charge in [-0.15, -0.1) is 0 Å². The van der Waals surface area contributed by atoms with E-state index in [-0.39, 0.29) is 0 Å². The predicted molar refractivity (Wildman–Crippen MR) is 67.6 cm³/mol. The molecule has 2 heterocycles. The van der Waals surface area contributed by atoms with Crippen molar-refractivity contribution in [2.75, 3.05) is 23.7 Å². The van der Waals surface area contributed by atoms with E-state index >= 15 is 0 Å². The first kappa shape index (κ1) is 9.46. The lowest BCUT2D eigenvalue weighted by Gasteiger charge is -2.20. The number of benzene rings is 1. The van der Waals surface area contributed by atoms with Crippen LogP contribution in [-0.4, -0.2) is 18.1 Å². The molecule has 1 aromatic heterocycles. The van der Waals surface area contributed by atoms with Crippen LogP contribution >= 0.6 is 0 Å². The molecule has 3 heteroatoms. The topological polar surface area (TPSA) is 42.1 Å². The zero-order valence-electron chi connectivity index (χ0n) is 9.19. The zero-order chi connectivity index (χ0) is 11.0. The molecule has 0 saturated carbocycles. The van der Waals surface area contributed by atoms with Crippen LogP contribution in [0.1, 0.15) is 12.8 Å². The molecule has 82 valence electrons. The molecular weight excluding hydrogens is 198 g/mol. The molecule has 1 saturated heterocycles. The Morgan fingerprint density at radius 3 is 2.69 bits per heavy atom. The molecule has 1 aromatic carbocycles. The van der Waals surface area contributed by atoms with E-state index in [9.17, 15) is 0 Å². The van der Waals surface area contributed by atoms with Crippen LogP contribution in [0, 0.1) is 0 Å². The Balaban J connectivity index is 2.21. The average Bonchev–Trinajstić information content (AvgIpc) is 2.83. The van der Waals surface area contributed by atoms with Gasteiger partial charge < -0.3 is 10.6 Å². The number of fused-ring (bicyclic) bond motifs is 1. The maximum Gasteiger partial charge on any atom is 0.0463 e. The van der Waals surface area contributed by atoms with Crippen molar-refractivity contribution in [2.24, 2.45) is 0 Å². The molecule has 3 nitrogen and oxygen atoms in total. The van der Waals surface area contributed by atoms with E-state index < -0.39 is 0 Å². The van der Waals surface area contributed by atoms with E-state index in [4.69, 9.17) is 5.73 Å². The van der Waals surface area contributed by atoms with Gasteiger partial charge in [0.15, 0.2) is 0 Å². The fraction of sp³-hybridized carbons (Fsp3) is 0.308. The number of rotatable bonds is 1. The molecule has 0 atom stereocenters.